The number of amides is 1. The number of anilines is 1. The third kappa shape index (κ3) is 4.42. The number of carbonyl (C=O) groups is 1. The van der Waals surface area contributed by atoms with E-state index in [-0.39, 0.29) is 19.1 Å². The van der Waals surface area contributed by atoms with Crippen LogP contribution in [0.3, 0.4) is 0 Å². The summed E-state index contributed by atoms with van der Waals surface area (Å²) in [5.74, 6) is -0.162. The van der Waals surface area contributed by atoms with Crippen molar-refractivity contribution in [2.45, 2.75) is 20.0 Å². The van der Waals surface area contributed by atoms with E-state index in [4.69, 9.17) is 9.84 Å². The first-order valence-corrected chi connectivity index (χ1v) is 5.33. The van der Waals surface area contributed by atoms with Crippen molar-refractivity contribution in [2.24, 2.45) is 0 Å². The van der Waals surface area contributed by atoms with Crippen LogP contribution in [0.15, 0.2) is 24.3 Å². The Balaban J connectivity index is 2.37. The maximum Gasteiger partial charge on any atom is 0.250 e. The molecule has 0 bridgehead atoms. The highest BCUT2D eigenvalue weighted by molar-refractivity contribution is 5.91. The van der Waals surface area contributed by atoms with Gasteiger partial charge in [-0.3, -0.25) is 4.79 Å². The van der Waals surface area contributed by atoms with Gasteiger partial charge >= 0.3 is 0 Å². The molecular weight excluding hydrogens is 206 g/mol. The number of ether oxygens (including phenoxy) is 1. The lowest BCUT2D eigenvalue weighted by molar-refractivity contribution is -0.120. The minimum absolute atomic E-state index is 0.00778. The summed E-state index contributed by atoms with van der Waals surface area (Å²) < 4.78 is 5.11. The van der Waals surface area contributed by atoms with Gasteiger partial charge in [0, 0.05) is 12.3 Å². The molecule has 0 aliphatic rings. The first kappa shape index (κ1) is 12.7. The molecule has 0 unspecified atom stereocenters. The second-order valence-electron chi connectivity index (χ2n) is 3.46. The minimum atomic E-state index is -0.162. The second-order valence-corrected chi connectivity index (χ2v) is 3.46. The normalized spacial score (nSPS) is 10.1. The molecule has 0 fully saturated rings. The van der Waals surface area contributed by atoms with E-state index in [0.717, 1.165) is 12.0 Å². The van der Waals surface area contributed by atoms with E-state index in [1.807, 2.05) is 6.92 Å². The Hall–Kier alpha value is -1.39. The molecule has 1 aromatic carbocycles. The molecule has 0 atom stereocenters. The highest BCUT2D eigenvalue weighted by Crippen LogP contribution is 2.09. The standard InChI is InChI=1S/C12H17NO3/c1-2-7-16-9-12(15)13-11-5-3-10(8-14)4-6-11/h3-6,14H,2,7-9H2,1H3,(H,13,15). The van der Waals surface area contributed by atoms with E-state index in [1.165, 1.54) is 0 Å². The molecule has 1 rings (SSSR count). The SMILES string of the molecule is CCCOCC(=O)Nc1ccc(CO)cc1. The lowest BCUT2D eigenvalue weighted by Gasteiger charge is -2.06. The van der Waals surface area contributed by atoms with Crippen LogP contribution >= 0.6 is 0 Å². The van der Waals surface area contributed by atoms with Gasteiger partial charge in [0.05, 0.1) is 6.61 Å². The molecule has 2 N–H and O–H groups in total. The van der Waals surface area contributed by atoms with Crippen molar-refractivity contribution < 1.29 is 14.6 Å². The Kier molecular flexibility index (Phi) is 5.53. The van der Waals surface area contributed by atoms with Gasteiger partial charge in [0.25, 0.3) is 0 Å². The van der Waals surface area contributed by atoms with Crippen molar-refractivity contribution >= 4 is 11.6 Å². The molecule has 16 heavy (non-hydrogen) atoms. The van der Waals surface area contributed by atoms with Gasteiger partial charge in [-0.2, -0.15) is 0 Å². The summed E-state index contributed by atoms with van der Waals surface area (Å²) in [5, 5.41) is 11.6. The largest absolute Gasteiger partial charge is 0.392 e. The van der Waals surface area contributed by atoms with Gasteiger partial charge < -0.3 is 15.2 Å². The van der Waals surface area contributed by atoms with E-state index in [2.05, 4.69) is 5.32 Å². The van der Waals surface area contributed by atoms with Gasteiger partial charge in [-0.05, 0) is 24.1 Å². The van der Waals surface area contributed by atoms with Crippen LogP contribution in [0.4, 0.5) is 5.69 Å². The molecule has 0 aliphatic heterocycles. The number of rotatable bonds is 6. The Morgan fingerprint density at radius 2 is 2.06 bits per heavy atom. The van der Waals surface area contributed by atoms with Crippen LogP contribution in [0.5, 0.6) is 0 Å². The molecule has 0 radical (unpaired) electrons. The zero-order valence-corrected chi connectivity index (χ0v) is 9.40. The quantitative estimate of drug-likeness (QED) is 0.719. The van der Waals surface area contributed by atoms with Crippen LogP contribution in [0, 0.1) is 0 Å². The molecule has 0 saturated heterocycles. The molecule has 1 amide bonds. The van der Waals surface area contributed by atoms with E-state index in [9.17, 15) is 4.79 Å². The van der Waals surface area contributed by atoms with Crippen LogP contribution in [-0.2, 0) is 16.1 Å². The maximum absolute atomic E-state index is 11.4. The molecule has 0 aromatic heterocycles. The molecular formula is C12H17NO3. The Morgan fingerprint density at radius 1 is 1.38 bits per heavy atom. The van der Waals surface area contributed by atoms with Crippen molar-refractivity contribution in [2.75, 3.05) is 18.5 Å². The highest BCUT2D eigenvalue weighted by Gasteiger charge is 2.01. The molecule has 0 spiro atoms. The smallest absolute Gasteiger partial charge is 0.250 e. The average Bonchev–Trinajstić information content (AvgIpc) is 2.30. The average molecular weight is 223 g/mol. The fraction of sp³-hybridized carbons (Fsp3) is 0.417. The number of aliphatic hydroxyl groups is 1. The molecule has 4 nitrogen and oxygen atoms in total. The van der Waals surface area contributed by atoms with Gasteiger partial charge in [0.2, 0.25) is 5.91 Å². The summed E-state index contributed by atoms with van der Waals surface area (Å²) in [7, 11) is 0. The summed E-state index contributed by atoms with van der Waals surface area (Å²) in [6, 6.07) is 7.04. The predicted octanol–water partition coefficient (Wildman–Crippen LogP) is 1.54. The van der Waals surface area contributed by atoms with Gasteiger partial charge in [0.1, 0.15) is 6.61 Å². The topological polar surface area (TPSA) is 58.6 Å². The number of benzene rings is 1. The summed E-state index contributed by atoms with van der Waals surface area (Å²) in [6.07, 6.45) is 0.901. The van der Waals surface area contributed by atoms with E-state index < -0.39 is 0 Å². The lowest BCUT2D eigenvalue weighted by Crippen LogP contribution is -2.18. The number of carbonyl (C=O) groups excluding carboxylic acids is 1. The Bertz CT molecular complexity index is 322. The van der Waals surface area contributed by atoms with Crippen molar-refractivity contribution in [1.29, 1.82) is 0 Å². The molecule has 4 heteroatoms. The molecule has 88 valence electrons. The summed E-state index contributed by atoms with van der Waals surface area (Å²) in [4.78, 5) is 11.4. The Morgan fingerprint density at radius 3 is 2.62 bits per heavy atom. The van der Waals surface area contributed by atoms with Gasteiger partial charge in [-0.1, -0.05) is 19.1 Å². The van der Waals surface area contributed by atoms with Crippen LogP contribution < -0.4 is 5.32 Å². The second kappa shape index (κ2) is 6.98. The number of nitrogens with one attached hydrogen (secondary N) is 1. The van der Waals surface area contributed by atoms with Gasteiger partial charge in [-0.25, -0.2) is 0 Å². The zero-order chi connectivity index (χ0) is 11.8. The van der Waals surface area contributed by atoms with Crippen LogP contribution in [0.2, 0.25) is 0 Å². The summed E-state index contributed by atoms with van der Waals surface area (Å²) >= 11 is 0. The van der Waals surface area contributed by atoms with Crippen molar-refractivity contribution in [3.8, 4) is 0 Å². The van der Waals surface area contributed by atoms with Crippen molar-refractivity contribution in [3.05, 3.63) is 29.8 Å². The third-order valence-electron chi connectivity index (χ3n) is 2.00. The predicted molar refractivity (Wildman–Crippen MR) is 62.1 cm³/mol. The minimum Gasteiger partial charge on any atom is -0.392 e. The maximum atomic E-state index is 11.4. The Labute approximate surface area is 95.2 Å². The highest BCUT2D eigenvalue weighted by atomic mass is 16.5. The van der Waals surface area contributed by atoms with Crippen molar-refractivity contribution in [1.82, 2.24) is 0 Å². The fourth-order valence-electron chi connectivity index (χ4n) is 1.20. The molecule has 0 saturated carbocycles. The lowest BCUT2D eigenvalue weighted by atomic mass is 10.2. The van der Waals surface area contributed by atoms with Crippen molar-refractivity contribution in [3.63, 3.8) is 0 Å². The van der Waals surface area contributed by atoms with Crippen LogP contribution in [-0.4, -0.2) is 24.2 Å². The molecule has 0 heterocycles. The summed E-state index contributed by atoms with van der Waals surface area (Å²) in [5.41, 5.74) is 1.53. The first-order chi connectivity index (χ1) is 7.76. The number of aliphatic hydroxyl groups excluding tert-OH is 1. The van der Waals surface area contributed by atoms with E-state index in [1.54, 1.807) is 24.3 Å². The third-order valence-corrected chi connectivity index (χ3v) is 2.00. The molecule has 0 aliphatic carbocycles. The first-order valence-electron chi connectivity index (χ1n) is 5.33. The monoisotopic (exact) mass is 223 g/mol. The zero-order valence-electron chi connectivity index (χ0n) is 9.40. The van der Waals surface area contributed by atoms with Gasteiger partial charge in [-0.15, -0.1) is 0 Å². The van der Waals surface area contributed by atoms with Gasteiger partial charge in [0.15, 0.2) is 0 Å². The van der Waals surface area contributed by atoms with E-state index >= 15 is 0 Å². The van der Waals surface area contributed by atoms with Crippen LogP contribution in [0.25, 0.3) is 0 Å². The van der Waals surface area contributed by atoms with Crippen LogP contribution in [0.1, 0.15) is 18.9 Å². The summed E-state index contributed by atoms with van der Waals surface area (Å²) in [6.45, 7) is 2.67. The number of hydrogen-bond acceptors (Lipinski definition) is 3. The fourth-order valence-corrected chi connectivity index (χ4v) is 1.20. The van der Waals surface area contributed by atoms with E-state index in [0.29, 0.717) is 12.3 Å². The number of hydrogen-bond donors (Lipinski definition) is 2. The molecule has 1 aromatic rings.